The number of para-hydroxylation sites is 1. The minimum absolute atomic E-state index is 0.309. The van der Waals surface area contributed by atoms with Crippen molar-refractivity contribution in [3.63, 3.8) is 0 Å². The Balaban J connectivity index is 1.85. The number of allylic oxidation sites excluding steroid dienone is 1. The van der Waals surface area contributed by atoms with Crippen LogP contribution in [0.3, 0.4) is 0 Å². The lowest BCUT2D eigenvalue weighted by Crippen LogP contribution is -2.29. The van der Waals surface area contributed by atoms with Crippen molar-refractivity contribution >= 4 is 23.3 Å². The predicted octanol–water partition coefficient (Wildman–Crippen LogP) is 3.87. The predicted molar refractivity (Wildman–Crippen MR) is 107 cm³/mol. The van der Waals surface area contributed by atoms with Gasteiger partial charge in [-0.15, -0.1) is 16.4 Å². The smallest absolute Gasteiger partial charge is 0.338 e. The number of hydrogen-bond acceptors (Lipinski definition) is 7. The Bertz CT molecular complexity index is 1040. The van der Waals surface area contributed by atoms with E-state index in [1.807, 2.05) is 48.7 Å². The Morgan fingerprint density at radius 1 is 1.29 bits per heavy atom. The van der Waals surface area contributed by atoms with Gasteiger partial charge in [-0.2, -0.15) is 4.98 Å². The van der Waals surface area contributed by atoms with Gasteiger partial charge in [0.1, 0.15) is 11.8 Å². The molecule has 1 aliphatic rings. The molecule has 0 spiro atoms. The van der Waals surface area contributed by atoms with E-state index in [9.17, 15) is 4.79 Å². The second kappa shape index (κ2) is 7.47. The van der Waals surface area contributed by atoms with Gasteiger partial charge >= 0.3 is 5.97 Å². The van der Waals surface area contributed by atoms with E-state index in [4.69, 9.17) is 14.6 Å². The van der Waals surface area contributed by atoms with Crippen molar-refractivity contribution in [1.29, 1.82) is 0 Å². The second-order valence-electron chi connectivity index (χ2n) is 6.21. The maximum absolute atomic E-state index is 12.7. The summed E-state index contributed by atoms with van der Waals surface area (Å²) >= 11 is 1.56. The first-order valence-electron chi connectivity index (χ1n) is 8.92. The summed E-state index contributed by atoms with van der Waals surface area (Å²) in [7, 11) is 1.62. The van der Waals surface area contributed by atoms with Gasteiger partial charge in [-0.1, -0.05) is 18.2 Å². The number of rotatable bonds is 5. The number of esters is 1. The fraction of sp³-hybridized carbons (Fsp3) is 0.250. The van der Waals surface area contributed by atoms with Gasteiger partial charge in [0.25, 0.3) is 0 Å². The zero-order chi connectivity index (χ0) is 19.7. The highest BCUT2D eigenvalue weighted by Crippen LogP contribution is 2.39. The van der Waals surface area contributed by atoms with Crippen LogP contribution in [0.5, 0.6) is 5.75 Å². The van der Waals surface area contributed by atoms with Crippen LogP contribution in [0.2, 0.25) is 0 Å². The molecule has 0 saturated heterocycles. The van der Waals surface area contributed by atoms with E-state index in [-0.39, 0.29) is 5.97 Å². The third-order valence-electron chi connectivity index (χ3n) is 4.51. The quantitative estimate of drug-likeness (QED) is 0.660. The molecule has 1 aromatic carbocycles. The molecule has 0 aliphatic carbocycles. The number of methoxy groups -OCH3 is 1. The van der Waals surface area contributed by atoms with Crippen molar-refractivity contribution in [2.45, 2.75) is 19.9 Å². The highest BCUT2D eigenvalue weighted by molar-refractivity contribution is 7.10. The standard InChI is InChI=1S/C20H20N4O3S/c1-4-27-19(25)16-12(2)21-20-22-18(13-8-5-6-9-14(13)26-3)23-24(20)17(16)15-10-7-11-28-15/h5-11,17H,4H2,1-3H3,(H,21,22,23). The van der Waals surface area contributed by atoms with Crippen molar-refractivity contribution in [3.05, 3.63) is 57.9 Å². The van der Waals surface area contributed by atoms with E-state index in [0.29, 0.717) is 35.4 Å². The molecule has 2 aromatic heterocycles. The third kappa shape index (κ3) is 3.05. The number of aromatic nitrogens is 3. The molecule has 0 saturated carbocycles. The summed E-state index contributed by atoms with van der Waals surface area (Å²) in [4.78, 5) is 18.4. The number of anilines is 1. The topological polar surface area (TPSA) is 78.3 Å². The Labute approximate surface area is 166 Å². The van der Waals surface area contributed by atoms with Crippen LogP contribution in [0.25, 0.3) is 11.4 Å². The second-order valence-corrected chi connectivity index (χ2v) is 7.19. The molecule has 28 heavy (non-hydrogen) atoms. The van der Waals surface area contributed by atoms with Gasteiger partial charge in [-0.3, -0.25) is 0 Å². The van der Waals surface area contributed by atoms with E-state index in [1.165, 1.54) is 0 Å². The summed E-state index contributed by atoms with van der Waals surface area (Å²) in [5, 5.41) is 9.90. The molecular weight excluding hydrogens is 376 g/mol. The lowest BCUT2D eigenvalue weighted by molar-refractivity contribution is -0.139. The SMILES string of the molecule is CCOC(=O)C1=C(C)Nc2nc(-c3ccccc3OC)nn2C1c1cccs1. The Hall–Kier alpha value is -3.13. The lowest BCUT2D eigenvalue weighted by atomic mass is 10.0. The minimum atomic E-state index is -0.397. The number of thiophene rings is 1. The van der Waals surface area contributed by atoms with Crippen LogP contribution in [-0.4, -0.2) is 34.5 Å². The maximum Gasteiger partial charge on any atom is 0.338 e. The maximum atomic E-state index is 12.7. The van der Waals surface area contributed by atoms with Crippen LogP contribution in [-0.2, 0) is 9.53 Å². The molecule has 0 bridgehead atoms. The monoisotopic (exact) mass is 396 g/mol. The average Bonchev–Trinajstić information content (AvgIpc) is 3.36. The van der Waals surface area contributed by atoms with Crippen molar-refractivity contribution in [2.75, 3.05) is 19.0 Å². The normalized spacial score (nSPS) is 15.8. The molecule has 4 rings (SSSR count). The van der Waals surface area contributed by atoms with Crippen molar-refractivity contribution in [2.24, 2.45) is 0 Å². The van der Waals surface area contributed by atoms with Crippen LogP contribution in [0, 0.1) is 0 Å². The molecule has 0 radical (unpaired) electrons. The van der Waals surface area contributed by atoms with E-state index in [1.54, 1.807) is 30.1 Å². The first-order chi connectivity index (χ1) is 13.6. The van der Waals surface area contributed by atoms with Crippen LogP contribution >= 0.6 is 11.3 Å². The number of hydrogen-bond donors (Lipinski definition) is 1. The first-order valence-corrected chi connectivity index (χ1v) is 9.80. The van der Waals surface area contributed by atoms with E-state index in [2.05, 4.69) is 10.3 Å². The Kier molecular flexibility index (Phi) is 4.87. The van der Waals surface area contributed by atoms with Crippen LogP contribution in [0.15, 0.2) is 53.0 Å². The number of benzene rings is 1. The molecule has 3 aromatic rings. The van der Waals surface area contributed by atoms with Gasteiger partial charge in [-0.25, -0.2) is 9.48 Å². The summed E-state index contributed by atoms with van der Waals surface area (Å²) in [6.45, 7) is 3.96. The highest BCUT2D eigenvalue weighted by atomic mass is 32.1. The van der Waals surface area contributed by atoms with Crippen LogP contribution in [0.4, 0.5) is 5.95 Å². The number of carbonyl (C=O) groups is 1. The number of ether oxygens (including phenoxy) is 2. The largest absolute Gasteiger partial charge is 0.496 e. The molecule has 3 heterocycles. The molecule has 0 amide bonds. The fourth-order valence-electron chi connectivity index (χ4n) is 3.28. The summed E-state index contributed by atoms with van der Waals surface area (Å²) in [6.07, 6.45) is 0. The number of carbonyl (C=O) groups excluding carboxylic acids is 1. The average molecular weight is 396 g/mol. The highest BCUT2D eigenvalue weighted by Gasteiger charge is 2.36. The van der Waals surface area contributed by atoms with Crippen molar-refractivity contribution < 1.29 is 14.3 Å². The van der Waals surface area contributed by atoms with Gasteiger partial charge in [0.15, 0.2) is 5.82 Å². The summed E-state index contributed by atoms with van der Waals surface area (Å²) < 4.78 is 12.5. The number of fused-ring (bicyclic) bond motifs is 1. The fourth-order valence-corrected chi connectivity index (χ4v) is 4.10. The molecule has 1 atom stereocenters. The van der Waals surface area contributed by atoms with Gasteiger partial charge in [0, 0.05) is 10.6 Å². The molecule has 1 N–H and O–H groups in total. The lowest BCUT2D eigenvalue weighted by Gasteiger charge is -2.27. The van der Waals surface area contributed by atoms with E-state index >= 15 is 0 Å². The number of nitrogens with zero attached hydrogens (tertiary/aromatic N) is 3. The molecule has 8 heteroatoms. The van der Waals surface area contributed by atoms with Gasteiger partial charge in [0.05, 0.1) is 24.9 Å². The number of nitrogens with one attached hydrogen (secondary N) is 1. The van der Waals surface area contributed by atoms with E-state index in [0.717, 1.165) is 10.4 Å². The molecule has 1 aliphatic heterocycles. The van der Waals surface area contributed by atoms with Gasteiger partial charge in [-0.05, 0) is 37.4 Å². The molecule has 0 fully saturated rings. The summed E-state index contributed by atoms with van der Waals surface area (Å²) in [6, 6.07) is 11.1. The van der Waals surface area contributed by atoms with Gasteiger partial charge in [0.2, 0.25) is 5.95 Å². The zero-order valence-corrected chi connectivity index (χ0v) is 16.6. The molecule has 1 unspecified atom stereocenters. The molecular formula is C20H20N4O3S. The first kappa shape index (κ1) is 18.2. The third-order valence-corrected chi connectivity index (χ3v) is 5.43. The molecule has 7 nitrogen and oxygen atoms in total. The minimum Gasteiger partial charge on any atom is -0.496 e. The summed E-state index contributed by atoms with van der Waals surface area (Å²) in [5.74, 6) is 1.43. The van der Waals surface area contributed by atoms with E-state index < -0.39 is 6.04 Å². The van der Waals surface area contributed by atoms with Crippen molar-refractivity contribution in [1.82, 2.24) is 14.8 Å². The van der Waals surface area contributed by atoms with Crippen LogP contribution in [0.1, 0.15) is 24.8 Å². The van der Waals surface area contributed by atoms with Gasteiger partial charge < -0.3 is 14.8 Å². The molecule has 144 valence electrons. The Morgan fingerprint density at radius 2 is 2.11 bits per heavy atom. The van der Waals surface area contributed by atoms with Crippen molar-refractivity contribution in [3.8, 4) is 17.1 Å². The van der Waals surface area contributed by atoms with Crippen LogP contribution < -0.4 is 10.1 Å². The zero-order valence-electron chi connectivity index (χ0n) is 15.8. The Morgan fingerprint density at radius 3 is 2.82 bits per heavy atom. The summed E-state index contributed by atoms with van der Waals surface area (Å²) in [5.41, 5.74) is 2.03.